The van der Waals surface area contributed by atoms with Gasteiger partial charge in [-0.15, -0.1) is 0 Å². The molecular formula is C9H4F9O3P. The van der Waals surface area contributed by atoms with Crippen molar-refractivity contribution in [1.82, 2.24) is 0 Å². The van der Waals surface area contributed by atoms with E-state index in [2.05, 4.69) is 4.52 Å². The van der Waals surface area contributed by atoms with Crippen LogP contribution in [0.15, 0.2) is 12.1 Å². The van der Waals surface area contributed by atoms with Crippen LogP contribution in [0.4, 0.5) is 39.5 Å². The van der Waals surface area contributed by atoms with Crippen LogP contribution >= 0.6 is 8.60 Å². The second-order valence-electron chi connectivity index (χ2n) is 3.70. The average Bonchev–Trinajstić information content (AvgIpc) is 2.22. The summed E-state index contributed by atoms with van der Waals surface area (Å²) in [5.74, 6) is -1.77. The molecule has 0 heterocycles. The first-order chi connectivity index (χ1) is 9.65. The summed E-state index contributed by atoms with van der Waals surface area (Å²) in [5, 5.41) is 0. The van der Waals surface area contributed by atoms with E-state index in [-0.39, 0.29) is 12.1 Å². The first-order valence-electron chi connectivity index (χ1n) is 4.90. The second-order valence-corrected chi connectivity index (χ2v) is 4.39. The van der Waals surface area contributed by atoms with Crippen LogP contribution in [0.5, 0.6) is 5.75 Å². The van der Waals surface area contributed by atoms with Crippen LogP contribution in [0.2, 0.25) is 0 Å². The Morgan fingerprint density at radius 2 is 1.18 bits per heavy atom. The highest BCUT2D eigenvalue weighted by Gasteiger charge is 2.52. The molecule has 0 aliphatic heterocycles. The fraction of sp³-hybridized carbons (Fsp3) is 0.333. The lowest BCUT2D eigenvalue weighted by atomic mass is 9.98. The standard InChI is InChI=1S/C9H4F9O3P/c10-7(11,12)3-1-2-4(21-22(19)20)6(9(16,17)18)5(3)8(13,14)15/h1-2,19-20H. The van der Waals surface area contributed by atoms with E-state index in [1.807, 2.05) is 0 Å². The van der Waals surface area contributed by atoms with Crippen molar-refractivity contribution in [3.63, 3.8) is 0 Å². The van der Waals surface area contributed by atoms with Crippen molar-refractivity contribution in [2.75, 3.05) is 0 Å². The predicted molar refractivity (Wildman–Crippen MR) is 53.4 cm³/mol. The van der Waals surface area contributed by atoms with E-state index in [1.165, 1.54) is 0 Å². The van der Waals surface area contributed by atoms with Crippen molar-refractivity contribution < 1.29 is 53.8 Å². The van der Waals surface area contributed by atoms with Crippen molar-refractivity contribution in [3.8, 4) is 5.75 Å². The maximum Gasteiger partial charge on any atom is 0.420 e. The molecule has 1 aromatic rings. The van der Waals surface area contributed by atoms with Crippen molar-refractivity contribution in [2.24, 2.45) is 0 Å². The highest BCUT2D eigenvalue weighted by atomic mass is 31.2. The lowest BCUT2D eigenvalue weighted by Gasteiger charge is -2.23. The molecule has 13 heteroatoms. The topological polar surface area (TPSA) is 49.7 Å². The van der Waals surface area contributed by atoms with Gasteiger partial charge in [-0.1, -0.05) is 0 Å². The van der Waals surface area contributed by atoms with E-state index >= 15 is 0 Å². The fourth-order valence-electron chi connectivity index (χ4n) is 1.56. The van der Waals surface area contributed by atoms with Crippen LogP contribution < -0.4 is 4.52 Å². The van der Waals surface area contributed by atoms with Gasteiger partial charge in [-0.2, -0.15) is 39.5 Å². The molecule has 1 aromatic carbocycles. The lowest BCUT2D eigenvalue weighted by molar-refractivity contribution is -0.175. The van der Waals surface area contributed by atoms with Gasteiger partial charge in [0.25, 0.3) is 0 Å². The van der Waals surface area contributed by atoms with Gasteiger partial charge < -0.3 is 14.3 Å². The van der Waals surface area contributed by atoms with Gasteiger partial charge in [-0.3, -0.25) is 0 Å². The number of hydrogen-bond acceptors (Lipinski definition) is 3. The Morgan fingerprint density at radius 1 is 0.727 bits per heavy atom. The zero-order valence-corrected chi connectivity index (χ0v) is 10.7. The summed E-state index contributed by atoms with van der Waals surface area (Å²) in [6.07, 6.45) is -17.6. The molecule has 0 unspecified atom stereocenters. The lowest BCUT2D eigenvalue weighted by Crippen LogP contribution is -2.23. The quantitative estimate of drug-likeness (QED) is 0.608. The molecule has 126 valence electrons. The molecule has 0 radical (unpaired) electrons. The maximum atomic E-state index is 12.8. The molecule has 0 saturated carbocycles. The number of halogens is 9. The van der Waals surface area contributed by atoms with Crippen molar-refractivity contribution in [2.45, 2.75) is 18.5 Å². The zero-order valence-electron chi connectivity index (χ0n) is 9.81. The first kappa shape index (κ1) is 18.8. The molecule has 22 heavy (non-hydrogen) atoms. The smallest absolute Gasteiger partial charge is 0.420 e. The summed E-state index contributed by atoms with van der Waals surface area (Å²) in [7, 11) is -3.57. The molecule has 1 rings (SSSR count). The molecule has 0 fully saturated rings. The SMILES string of the molecule is OP(O)Oc1ccc(C(F)(F)F)c(C(F)(F)F)c1C(F)(F)F. The molecule has 3 nitrogen and oxygen atoms in total. The number of hydrogen-bond donors (Lipinski definition) is 2. The Kier molecular flexibility index (Phi) is 4.91. The molecule has 0 aromatic heterocycles. The van der Waals surface area contributed by atoms with Gasteiger partial charge in [0.2, 0.25) is 0 Å². The van der Waals surface area contributed by atoms with Gasteiger partial charge in [0, 0.05) is 0 Å². The summed E-state index contributed by atoms with van der Waals surface area (Å²) in [5.41, 5.74) is -8.37. The highest BCUT2D eigenvalue weighted by molar-refractivity contribution is 7.39. The Morgan fingerprint density at radius 3 is 1.50 bits per heavy atom. The Hall–Kier alpha value is -1.26. The third-order valence-electron chi connectivity index (χ3n) is 2.22. The number of alkyl halides is 9. The average molecular weight is 362 g/mol. The van der Waals surface area contributed by atoms with Crippen LogP contribution in [0, 0.1) is 0 Å². The first-order valence-corrected chi connectivity index (χ1v) is 6.06. The van der Waals surface area contributed by atoms with E-state index in [4.69, 9.17) is 9.79 Å². The summed E-state index contributed by atoms with van der Waals surface area (Å²) in [4.78, 5) is 16.9. The molecule has 0 bridgehead atoms. The van der Waals surface area contributed by atoms with Crippen molar-refractivity contribution >= 4 is 8.60 Å². The number of rotatable bonds is 2. The minimum atomic E-state index is -6.01. The van der Waals surface area contributed by atoms with Crippen LogP contribution in [-0.2, 0) is 18.5 Å². The molecule has 2 N–H and O–H groups in total. The highest BCUT2D eigenvalue weighted by Crippen LogP contribution is 2.51. The van der Waals surface area contributed by atoms with Crippen LogP contribution in [-0.4, -0.2) is 9.79 Å². The summed E-state index contributed by atoms with van der Waals surface area (Å²) in [6.45, 7) is 0. The minimum absolute atomic E-state index is 0.0668. The van der Waals surface area contributed by atoms with Crippen LogP contribution in [0.1, 0.15) is 16.7 Å². The van der Waals surface area contributed by atoms with Gasteiger partial charge in [0.15, 0.2) is 0 Å². The van der Waals surface area contributed by atoms with Crippen LogP contribution in [0.25, 0.3) is 0 Å². The Balaban J connectivity index is 3.84. The van der Waals surface area contributed by atoms with Gasteiger partial charge in [0.05, 0.1) is 11.1 Å². The molecule has 0 spiro atoms. The normalized spacial score (nSPS) is 13.6. The minimum Gasteiger partial charge on any atom is -0.426 e. The fourth-order valence-corrected chi connectivity index (χ4v) is 1.89. The molecular weight excluding hydrogens is 358 g/mol. The predicted octanol–water partition coefficient (Wildman–Crippen LogP) is 4.33. The van der Waals surface area contributed by atoms with Gasteiger partial charge in [0.1, 0.15) is 11.3 Å². The maximum absolute atomic E-state index is 12.8. The molecule has 0 aliphatic carbocycles. The largest absolute Gasteiger partial charge is 0.426 e. The van der Waals surface area contributed by atoms with Gasteiger partial charge >= 0.3 is 27.1 Å². The van der Waals surface area contributed by atoms with Crippen molar-refractivity contribution in [1.29, 1.82) is 0 Å². The third-order valence-corrected chi connectivity index (χ3v) is 2.58. The zero-order chi connectivity index (χ0) is 17.5. The Labute approximate surface area is 116 Å². The molecule has 0 aliphatic rings. The molecule has 0 saturated heterocycles. The summed E-state index contributed by atoms with van der Waals surface area (Å²) in [6, 6.07) is -0.352. The second kappa shape index (κ2) is 5.74. The van der Waals surface area contributed by atoms with E-state index in [0.717, 1.165) is 0 Å². The van der Waals surface area contributed by atoms with E-state index in [1.54, 1.807) is 0 Å². The molecule has 0 amide bonds. The van der Waals surface area contributed by atoms with E-state index < -0.39 is 49.6 Å². The third kappa shape index (κ3) is 4.14. The van der Waals surface area contributed by atoms with E-state index in [9.17, 15) is 39.5 Å². The van der Waals surface area contributed by atoms with Gasteiger partial charge in [-0.25, -0.2) is 0 Å². The van der Waals surface area contributed by atoms with E-state index in [0.29, 0.717) is 0 Å². The Bertz CT molecular complexity index is 547. The van der Waals surface area contributed by atoms with Crippen LogP contribution in [0.3, 0.4) is 0 Å². The summed E-state index contributed by atoms with van der Waals surface area (Å²) >= 11 is 0. The molecule has 0 atom stereocenters. The monoisotopic (exact) mass is 362 g/mol. The van der Waals surface area contributed by atoms with Gasteiger partial charge in [-0.05, 0) is 12.1 Å². The van der Waals surface area contributed by atoms with Crippen molar-refractivity contribution in [3.05, 3.63) is 28.8 Å². The number of benzene rings is 1. The summed E-state index contributed by atoms with van der Waals surface area (Å²) < 4.78 is 118.